The van der Waals surface area contributed by atoms with E-state index in [1.165, 1.54) is 22.5 Å². The summed E-state index contributed by atoms with van der Waals surface area (Å²) < 4.78 is 28.3. The summed E-state index contributed by atoms with van der Waals surface area (Å²) in [5.74, 6) is -1.78. The minimum atomic E-state index is -3.89. The lowest BCUT2D eigenvalue weighted by Gasteiger charge is -2.27. The Morgan fingerprint density at radius 2 is 1.63 bits per heavy atom. The van der Waals surface area contributed by atoms with Gasteiger partial charge >= 0.3 is 16.2 Å². The first-order valence-corrected chi connectivity index (χ1v) is 10.8. The number of anilines is 1. The van der Waals surface area contributed by atoms with Gasteiger partial charge in [0.2, 0.25) is 0 Å². The van der Waals surface area contributed by atoms with Crippen LogP contribution in [-0.4, -0.2) is 54.9 Å². The molecule has 3 heterocycles. The number of hydrogen-bond acceptors (Lipinski definition) is 5. The van der Waals surface area contributed by atoms with Gasteiger partial charge in [0.05, 0.1) is 16.8 Å². The average molecular weight is 393 g/mol. The number of amides is 1. The largest absolute Gasteiger partial charge is 0.478 e. The fourth-order valence-corrected chi connectivity index (χ4v) is 5.75. The Morgan fingerprint density at radius 1 is 1.04 bits per heavy atom. The number of carboxylic acid groups (broad SMARTS) is 1. The lowest BCUT2D eigenvalue weighted by Crippen LogP contribution is -2.42. The van der Waals surface area contributed by atoms with Crippen molar-refractivity contribution in [2.45, 2.75) is 50.6 Å². The summed E-state index contributed by atoms with van der Waals surface area (Å²) in [7, 11) is -3.89. The predicted molar refractivity (Wildman–Crippen MR) is 99.1 cm³/mol. The first-order valence-electron chi connectivity index (χ1n) is 9.35. The fourth-order valence-electron chi connectivity index (χ4n) is 4.54. The molecule has 0 radical (unpaired) electrons. The molecule has 2 bridgehead atoms. The van der Waals surface area contributed by atoms with E-state index in [0.29, 0.717) is 18.8 Å². The van der Waals surface area contributed by atoms with Crippen LogP contribution in [0.3, 0.4) is 0 Å². The predicted octanol–water partition coefficient (Wildman–Crippen LogP) is 1.59. The van der Waals surface area contributed by atoms with Crippen molar-refractivity contribution < 1.29 is 23.1 Å². The molecule has 9 heteroatoms. The second-order valence-electron chi connectivity index (χ2n) is 7.45. The number of nitrogens with one attached hydrogen (secondary N) is 1. The molecule has 146 valence electrons. The van der Waals surface area contributed by atoms with Crippen molar-refractivity contribution in [1.82, 2.24) is 9.03 Å². The summed E-state index contributed by atoms with van der Waals surface area (Å²) in [5, 5.41) is 9.34. The zero-order valence-electron chi connectivity index (χ0n) is 14.9. The van der Waals surface area contributed by atoms with Gasteiger partial charge in [0, 0.05) is 25.2 Å². The number of hydrogen-bond donors (Lipinski definition) is 2. The first-order chi connectivity index (χ1) is 12.9. The van der Waals surface area contributed by atoms with Crippen LogP contribution in [0.4, 0.5) is 5.69 Å². The standard InChI is InChI=1S/C18H23N3O5S/c22-17(19-27(25,26)20-9-1-2-10-20)15-8-3-12(18(23)24)11-16(15)21-13-4-5-14(21)7-6-13/h3,8,11,13-14H,1-2,4-7,9-10H2,(H,19,22)(H,23,24). The molecule has 3 fully saturated rings. The summed E-state index contributed by atoms with van der Waals surface area (Å²) in [6.07, 6.45) is 5.60. The molecule has 0 spiro atoms. The number of fused-ring (bicyclic) bond motifs is 2. The van der Waals surface area contributed by atoms with Crippen LogP contribution >= 0.6 is 0 Å². The minimum absolute atomic E-state index is 0.0928. The molecule has 0 aliphatic carbocycles. The van der Waals surface area contributed by atoms with E-state index in [-0.39, 0.29) is 23.2 Å². The summed E-state index contributed by atoms with van der Waals surface area (Å²) in [6, 6.07) is 4.82. The monoisotopic (exact) mass is 393 g/mol. The third kappa shape index (κ3) is 3.29. The smallest absolute Gasteiger partial charge is 0.335 e. The zero-order chi connectivity index (χ0) is 19.2. The van der Waals surface area contributed by atoms with Gasteiger partial charge in [-0.05, 0) is 56.7 Å². The van der Waals surface area contributed by atoms with Crippen LogP contribution in [0, 0.1) is 0 Å². The highest BCUT2D eigenvalue weighted by Crippen LogP contribution is 2.42. The van der Waals surface area contributed by atoms with Crippen LogP contribution in [0.25, 0.3) is 0 Å². The molecule has 8 nitrogen and oxygen atoms in total. The van der Waals surface area contributed by atoms with E-state index >= 15 is 0 Å². The number of carbonyl (C=O) groups excluding carboxylic acids is 1. The minimum Gasteiger partial charge on any atom is -0.478 e. The average Bonchev–Trinajstić information content (AvgIpc) is 3.38. The Kier molecular flexibility index (Phi) is 4.59. The molecule has 1 aromatic rings. The molecule has 4 rings (SSSR count). The normalized spacial score (nSPS) is 25.1. The molecule has 3 saturated heterocycles. The molecule has 0 aromatic heterocycles. The number of carbonyl (C=O) groups is 2. The van der Waals surface area contributed by atoms with Crippen LogP contribution in [0.2, 0.25) is 0 Å². The van der Waals surface area contributed by atoms with Crippen molar-refractivity contribution in [2.24, 2.45) is 0 Å². The van der Waals surface area contributed by atoms with Crippen molar-refractivity contribution >= 4 is 27.8 Å². The van der Waals surface area contributed by atoms with E-state index < -0.39 is 22.1 Å². The van der Waals surface area contributed by atoms with Crippen LogP contribution in [0.15, 0.2) is 18.2 Å². The third-order valence-corrected chi connectivity index (χ3v) is 7.34. The molecule has 27 heavy (non-hydrogen) atoms. The number of rotatable bonds is 5. The molecule has 3 aliphatic rings. The molecule has 2 N–H and O–H groups in total. The molecule has 0 saturated carbocycles. The van der Waals surface area contributed by atoms with Gasteiger partial charge in [-0.1, -0.05) is 0 Å². The lowest BCUT2D eigenvalue weighted by atomic mass is 10.0. The lowest BCUT2D eigenvalue weighted by molar-refractivity contribution is 0.0696. The van der Waals surface area contributed by atoms with Crippen molar-refractivity contribution in [1.29, 1.82) is 0 Å². The van der Waals surface area contributed by atoms with E-state index in [2.05, 4.69) is 9.62 Å². The highest BCUT2D eigenvalue weighted by molar-refractivity contribution is 7.87. The van der Waals surface area contributed by atoms with Crippen molar-refractivity contribution in [3.05, 3.63) is 29.3 Å². The van der Waals surface area contributed by atoms with Gasteiger partial charge in [0.25, 0.3) is 5.91 Å². The number of nitrogens with zero attached hydrogens (tertiary/aromatic N) is 2. The Hall–Kier alpha value is -2.13. The van der Waals surface area contributed by atoms with E-state index in [0.717, 1.165) is 38.5 Å². The molecule has 1 aromatic carbocycles. The molecular weight excluding hydrogens is 370 g/mol. The Labute approximate surface area is 158 Å². The Bertz CT molecular complexity index is 859. The second kappa shape index (κ2) is 6.79. The van der Waals surface area contributed by atoms with Crippen molar-refractivity contribution in [3.63, 3.8) is 0 Å². The van der Waals surface area contributed by atoms with Crippen LogP contribution < -0.4 is 9.62 Å². The van der Waals surface area contributed by atoms with E-state index in [4.69, 9.17) is 0 Å². The molecular formula is C18H23N3O5S. The third-order valence-electron chi connectivity index (χ3n) is 5.85. The summed E-state index contributed by atoms with van der Waals surface area (Å²) in [6.45, 7) is 0.813. The topological polar surface area (TPSA) is 107 Å². The maximum Gasteiger partial charge on any atom is 0.335 e. The molecule has 1 amide bonds. The van der Waals surface area contributed by atoms with Crippen LogP contribution in [0.5, 0.6) is 0 Å². The summed E-state index contributed by atoms with van der Waals surface area (Å²) in [4.78, 5) is 26.3. The van der Waals surface area contributed by atoms with Gasteiger partial charge in [-0.25, -0.2) is 9.52 Å². The van der Waals surface area contributed by atoms with Crippen molar-refractivity contribution in [3.8, 4) is 0 Å². The van der Waals surface area contributed by atoms with Gasteiger partial charge in [0.15, 0.2) is 0 Å². The van der Waals surface area contributed by atoms with E-state index in [1.807, 2.05) is 0 Å². The fraction of sp³-hybridized carbons (Fsp3) is 0.556. The summed E-state index contributed by atoms with van der Waals surface area (Å²) >= 11 is 0. The first kappa shape index (κ1) is 18.2. The quantitative estimate of drug-likeness (QED) is 0.787. The zero-order valence-corrected chi connectivity index (χ0v) is 15.7. The van der Waals surface area contributed by atoms with Gasteiger partial charge in [-0.3, -0.25) is 4.79 Å². The molecule has 0 atom stereocenters. The Morgan fingerprint density at radius 3 is 2.19 bits per heavy atom. The number of carboxylic acids is 1. The highest BCUT2D eigenvalue weighted by atomic mass is 32.2. The Balaban J connectivity index is 1.67. The number of benzene rings is 1. The summed E-state index contributed by atoms with van der Waals surface area (Å²) in [5.41, 5.74) is 0.825. The maximum absolute atomic E-state index is 12.8. The van der Waals surface area contributed by atoms with Crippen molar-refractivity contribution in [2.75, 3.05) is 18.0 Å². The van der Waals surface area contributed by atoms with E-state index in [1.54, 1.807) is 0 Å². The van der Waals surface area contributed by atoms with Gasteiger partial charge in [0.1, 0.15) is 0 Å². The van der Waals surface area contributed by atoms with Crippen LogP contribution in [0.1, 0.15) is 59.2 Å². The molecule has 0 unspecified atom stereocenters. The second-order valence-corrected chi connectivity index (χ2v) is 9.12. The van der Waals surface area contributed by atoms with Gasteiger partial charge < -0.3 is 10.0 Å². The number of aromatic carboxylic acids is 1. The highest BCUT2D eigenvalue weighted by Gasteiger charge is 2.41. The van der Waals surface area contributed by atoms with E-state index in [9.17, 15) is 23.1 Å². The van der Waals surface area contributed by atoms with Crippen LogP contribution in [-0.2, 0) is 10.2 Å². The SMILES string of the molecule is O=C(O)c1ccc(C(=O)NS(=O)(=O)N2CCCC2)c(N2C3CCC2CC3)c1. The van der Waals surface area contributed by atoms with Gasteiger partial charge in [-0.15, -0.1) is 0 Å². The van der Waals surface area contributed by atoms with Gasteiger partial charge in [-0.2, -0.15) is 12.7 Å². The molecule has 3 aliphatic heterocycles. The maximum atomic E-state index is 12.8.